The number of nitrogen functional groups attached to an aromatic ring is 1. The van der Waals surface area contributed by atoms with Crippen LogP contribution in [0.15, 0.2) is 53.7 Å². The third kappa shape index (κ3) is 4.29. The Bertz CT molecular complexity index is 1510. The van der Waals surface area contributed by atoms with Gasteiger partial charge in [0.15, 0.2) is 5.82 Å². The van der Waals surface area contributed by atoms with Gasteiger partial charge in [0.05, 0.1) is 16.9 Å². The standard InChI is InChI=1S/C21H16F4N6O2S/c1-2-31-10-12(15-7-8-27-21(26)28-15)20(29-31)18-14(24)5-6-16(19(18)25)30-34(32,33)17-9-11(22)3-4-13(17)23/h3-10,30H,2H2,1H3,(H2,26,27,28). The summed E-state index contributed by atoms with van der Waals surface area (Å²) < 4.78 is 86.3. The second-order valence-corrected chi connectivity index (χ2v) is 8.66. The van der Waals surface area contributed by atoms with Crippen LogP contribution < -0.4 is 10.5 Å². The van der Waals surface area contributed by atoms with Crippen LogP contribution in [0.4, 0.5) is 29.2 Å². The first kappa shape index (κ1) is 23.2. The Kier molecular flexibility index (Phi) is 5.96. The van der Waals surface area contributed by atoms with Crippen molar-refractivity contribution < 1.29 is 26.0 Å². The van der Waals surface area contributed by atoms with E-state index < -0.39 is 49.4 Å². The molecule has 0 spiro atoms. The van der Waals surface area contributed by atoms with E-state index in [9.17, 15) is 21.6 Å². The zero-order valence-corrected chi connectivity index (χ0v) is 18.2. The minimum Gasteiger partial charge on any atom is -0.368 e. The summed E-state index contributed by atoms with van der Waals surface area (Å²) in [5, 5.41) is 4.20. The fourth-order valence-corrected chi connectivity index (χ4v) is 4.36. The van der Waals surface area contributed by atoms with E-state index >= 15 is 4.39 Å². The molecule has 0 aliphatic rings. The number of halogens is 4. The van der Waals surface area contributed by atoms with Gasteiger partial charge in [0.2, 0.25) is 5.95 Å². The average molecular weight is 492 g/mol. The molecular weight excluding hydrogens is 476 g/mol. The third-order valence-electron chi connectivity index (χ3n) is 4.79. The molecule has 3 N–H and O–H groups in total. The lowest BCUT2D eigenvalue weighted by Gasteiger charge is -2.13. The smallest absolute Gasteiger partial charge is 0.265 e. The molecule has 4 rings (SSSR count). The van der Waals surface area contributed by atoms with E-state index in [0.717, 1.165) is 18.2 Å². The Morgan fingerprint density at radius 2 is 1.79 bits per heavy atom. The lowest BCUT2D eigenvalue weighted by Crippen LogP contribution is -2.16. The summed E-state index contributed by atoms with van der Waals surface area (Å²) in [6.07, 6.45) is 2.85. The lowest BCUT2D eigenvalue weighted by atomic mass is 10.0. The van der Waals surface area contributed by atoms with Crippen LogP contribution in [0.3, 0.4) is 0 Å². The quantitative estimate of drug-likeness (QED) is 0.394. The van der Waals surface area contributed by atoms with Gasteiger partial charge in [-0.05, 0) is 43.3 Å². The van der Waals surface area contributed by atoms with Crippen molar-refractivity contribution in [2.45, 2.75) is 18.4 Å². The van der Waals surface area contributed by atoms with Crippen molar-refractivity contribution >= 4 is 21.7 Å². The number of anilines is 2. The second-order valence-electron chi connectivity index (χ2n) is 7.01. The summed E-state index contributed by atoms with van der Waals surface area (Å²) in [6.45, 7) is 2.10. The molecule has 0 aliphatic heterocycles. The number of aromatic nitrogens is 4. The maximum Gasteiger partial charge on any atom is 0.265 e. The van der Waals surface area contributed by atoms with Crippen LogP contribution in [0.5, 0.6) is 0 Å². The molecule has 2 aromatic heterocycles. The lowest BCUT2D eigenvalue weighted by molar-refractivity contribution is 0.554. The highest BCUT2D eigenvalue weighted by atomic mass is 32.2. The summed E-state index contributed by atoms with van der Waals surface area (Å²) in [5.74, 6) is -4.69. The van der Waals surface area contributed by atoms with Crippen molar-refractivity contribution in [3.63, 3.8) is 0 Å². The molecule has 0 saturated heterocycles. The average Bonchev–Trinajstić information content (AvgIpc) is 3.21. The minimum atomic E-state index is -4.76. The van der Waals surface area contributed by atoms with E-state index in [1.54, 1.807) is 6.92 Å². The molecule has 2 heterocycles. The molecule has 2 aromatic carbocycles. The van der Waals surface area contributed by atoms with Crippen molar-refractivity contribution in [3.8, 4) is 22.5 Å². The number of nitrogens with one attached hydrogen (secondary N) is 1. The van der Waals surface area contributed by atoms with Crippen molar-refractivity contribution in [3.05, 3.63) is 72.1 Å². The van der Waals surface area contributed by atoms with Gasteiger partial charge in [-0.2, -0.15) is 5.10 Å². The highest BCUT2D eigenvalue weighted by molar-refractivity contribution is 7.92. The van der Waals surface area contributed by atoms with Crippen LogP contribution in [0.1, 0.15) is 6.92 Å². The zero-order chi connectivity index (χ0) is 24.6. The van der Waals surface area contributed by atoms with Gasteiger partial charge in [-0.1, -0.05) is 0 Å². The molecular formula is C21H16F4N6O2S. The van der Waals surface area contributed by atoms with Crippen LogP contribution >= 0.6 is 0 Å². The number of benzene rings is 2. The van der Waals surface area contributed by atoms with Crippen LogP contribution in [0, 0.1) is 23.3 Å². The summed E-state index contributed by atoms with van der Waals surface area (Å²) in [7, 11) is -4.76. The third-order valence-corrected chi connectivity index (χ3v) is 6.17. The van der Waals surface area contributed by atoms with E-state index in [0.29, 0.717) is 18.7 Å². The Hall–Kier alpha value is -4.00. The molecule has 0 saturated carbocycles. The monoisotopic (exact) mass is 492 g/mol. The molecule has 13 heteroatoms. The number of nitrogens with two attached hydrogens (primary N) is 1. The Balaban J connectivity index is 1.85. The number of nitrogens with zero attached hydrogens (tertiary/aromatic N) is 4. The fourth-order valence-electron chi connectivity index (χ4n) is 3.21. The van der Waals surface area contributed by atoms with Gasteiger partial charge in [0, 0.05) is 24.5 Å². The molecule has 0 atom stereocenters. The predicted molar refractivity (Wildman–Crippen MR) is 116 cm³/mol. The molecule has 34 heavy (non-hydrogen) atoms. The first-order valence-electron chi connectivity index (χ1n) is 9.73. The number of sulfonamides is 1. The molecule has 0 amide bonds. The summed E-state index contributed by atoms with van der Waals surface area (Å²) >= 11 is 0. The Morgan fingerprint density at radius 3 is 2.50 bits per heavy atom. The SMILES string of the molecule is CCn1cc(-c2ccnc(N)n2)c(-c2c(F)ccc(NS(=O)(=O)c3cc(F)ccc3F)c2F)n1. The Labute approximate surface area is 191 Å². The van der Waals surface area contributed by atoms with Crippen LogP contribution in [-0.4, -0.2) is 28.2 Å². The van der Waals surface area contributed by atoms with E-state index in [2.05, 4.69) is 15.1 Å². The Morgan fingerprint density at radius 1 is 1.06 bits per heavy atom. The first-order chi connectivity index (χ1) is 16.1. The van der Waals surface area contributed by atoms with Gasteiger partial charge in [-0.15, -0.1) is 0 Å². The van der Waals surface area contributed by atoms with Gasteiger partial charge in [-0.3, -0.25) is 9.40 Å². The molecule has 4 aromatic rings. The normalized spacial score (nSPS) is 11.6. The molecule has 0 radical (unpaired) electrons. The number of rotatable bonds is 6. The maximum absolute atomic E-state index is 15.5. The largest absolute Gasteiger partial charge is 0.368 e. The highest BCUT2D eigenvalue weighted by Crippen LogP contribution is 2.36. The van der Waals surface area contributed by atoms with Crippen molar-refractivity contribution in [2.24, 2.45) is 0 Å². The van der Waals surface area contributed by atoms with E-state index in [-0.39, 0.29) is 22.9 Å². The van der Waals surface area contributed by atoms with Crippen LogP contribution in [0.2, 0.25) is 0 Å². The molecule has 8 nitrogen and oxygen atoms in total. The van der Waals surface area contributed by atoms with Gasteiger partial charge in [-0.25, -0.2) is 35.9 Å². The number of aryl methyl sites for hydroxylation is 1. The van der Waals surface area contributed by atoms with Crippen molar-refractivity contribution in [2.75, 3.05) is 10.5 Å². The van der Waals surface area contributed by atoms with Crippen molar-refractivity contribution in [1.29, 1.82) is 0 Å². The zero-order valence-electron chi connectivity index (χ0n) is 17.4. The predicted octanol–water partition coefficient (Wildman–Crippen LogP) is 3.97. The number of hydrogen-bond acceptors (Lipinski definition) is 6. The van der Waals surface area contributed by atoms with Gasteiger partial charge in [0.1, 0.15) is 28.0 Å². The van der Waals surface area contributed by atoms with Crippen LogP contribution in [-0.2, 0) is 16.6 Å². The van der Waals surface area contributed by atoms with E-state index in [4.69, 9.17) is 5.73 Å². The van der Waals surface area contributed by atoms with Crippen molar-refractivity contribution in [1.82, 2.24) is 19.7 Å². The molecule has 0 fully saturated rings. The van der Waals surface area contributed by atoms with Gasteiger partial charge in [0.25, 0.3) is 10.0 Å². The van der Waals surface area contributed by atoms with E-state index in [1.165, 1.54) is 23.1 Å². The summed E-state index contributed by atoms with van der Waals surface area (Å²) in [6, 6.07) is 4.90. The minimum absolute atomic E-state index is 0.0766. The molecule has 0 aliphatic carbocycles. The fraction of sp³-hybridized carbons (Fsp3) is 0.0952. The van der Waals surface area contributed by atoms with Gasteiger partial charge < -0.3 is 5.73 Å². The highest BCUT2D eigenvalue weighted by Gasteiger charge is 2.26. The van der Waals surface area contributed by atoms with Gasteiger partial charge >= 0.3 is 0 Å². The molecule has 0 bridgehead atoms. The number of hydrogen-bond donors (Lipinski definition) is 2. The molecule has 0 unspecified atom stereocenters. The van der Waals surface area contributed by atoms with E-state index in [1.807, 2.05) is 4.72 Å². The second kappa shape index (κ2) is 8.74. The summed E-state index contributed by atoms with van der Waals surface area (Å²) in [5.41, 5.74) is 4.55. The first-order valence-corrected chi connectivity index (χ1v) is 11.2. The summed E-state index contributed by atoms with van der Waals surface area (Å²) in [4.78, 5) is 6.80. The molecule has 176 valence electrons. The maximum atomic E-state index is 15.5. The van der Waals surface area contributed by atoms with Crippen LogP contribution in [0.25, 0.3) is 22.5 Å². The topological polar surface area (TPSA) is 116 Å².